The highest BCUT2D eigenvalue weighted by atomic mass is 16.5. The van der Waals surface area contributed by atoms with Gasteiger partial charge in [-0.3, -0.25) is 4.79 Å². The molecule has 6 rings (SSSR count). The van der Waals surface area contributed by atoms with Crippen LogP contribution in [0, 0.1) is 6.92 Å². The Labute approximate surface area is 205 Å². The highest BCUT2D eigenvalue weighted by Crippen LogP contribution is 2.29. The zero-order chi connectivity index (χ0) is 24.6. The molecule has 0 radical (unpaired) electrons. The molecule has 2 atom stereocenters. The SMILES string of the molecule is Cc1cc(-c2nnc3c4ccccc4c(OC=C4C=CC(C(=O)N[C@H]5CCC[C@@H]5O)=CN4)nn23)no1. The van der Waals surface area contributed by atoms with Crippen molar-refractivity contribution in [2.75, 3.05) is 0 Å². The number of dihydropyridines is 1. The van der Waals surface area contributed by atoms with E-state index in [4.69, 9.17) is 9.26 Å². The monoisotopic (exact) mass is 485 g/mol. The molecule has 3 N–H and O–H groups in total. The number of amides is 1. The van der Waals surface area contributed by atoms with Crippen molar-refractivity contribution >= 4 is 22.3 Å². The maximum absolute atomic E-state index is 12.5. The number of carbonyl (C=O) groups is 1. The number of aryl methyl sites for hydroxylation is 1. The van der Waals surface area contributed by atoms with Gasteiger partial charge in [-0.05, 0) is 44.4 Å². The molecule has 11 nitrogen and oxygen atoms in total. The highest BCUT2D eigenvalue weighted by Gasteiger charge is 2.27. The van der Waals surface area contributed by atoms with E-state index in [0.29, 0.717) is 46.5 Å². The van der Waals surface area contributed by atoms with Gasteiger partial charge < -0.3 is 25.0 Å². The molecule has 1 amide bonds. The topological polar surface area (TPSA) is 140 Å². The zero-order valence-electron chi connectivity index (χ0n) is 19.4. The maximum Gasteiger partial charge on any atom is 0.253 e. The van der Waals surface area contributed by atoms with Gasteiger partial charge in [0.2, 0.25) is 11.7 Å². The molecule has 4 aromatic rings. The van der Waals surface area contributed by atoms with Crippen LogP contribution in [0.25, 0.3) is 27.9 Å². The van der Waals surface area contributed by atoms with E-state index in [1.807, 2.05) is 24.3 Å². The number of aliphatic hydroxyl groups is 1. The minimum atomic E-state index is -0.488. The number of aliphatic hydroxyl groups excluding tert-OH is 1. The Balaban J connectivity index is 1.25. The Morgan fingerprint density at radius 3 is 2.83 bits per heavy atom. The first-order valence-electron chi connectivity index (χ1n) is 11.7. The van der Waals surface area contributed by atoms with Crippen LogP contribution in [0.5, 0.6) is 5.88 Å². The molecule has 36 heavy (non-hydrogen) atoms. The van der Waals surface area contributed by atoms with Crippen LogP contribution in [0.2, 0.25) is 0 Å². The molecule has 4 heterocycles. The lowest BCUT2D eigenvalue weighted by atomic mass is 10.1. The van der Waals surface area contributed by atoms with Gasteiger partial charge in [0.25, 0.3) is 5.91 Å². The standard InChI is InChI=1S/C25H23N7O4/c1-14-11-20(31-36-14)23-29-28-22-17-5-2-3-6-18(17)25(30-32(22)23)35-13-16-10-9-15(12-26-16)24(34)27-19-7-4-8-21(19)33/h2-3,5-6,9-13,19,21,26,33H,4,7-8H2,1H3,(H,27,34)/t19-,21-/m0/s1. The van der Waals surface area contributed by atoms with Crippen molar-refractivity contribution in [3.63, 3.8) is 0 Å². The molecule has 1 saturated carbocycles. The summed E-state index contributed by atoms with van der Waals surface area (Å²) in [5.41, 5.74) is 2.19. The number of nitrogens with one attached hydrogen (secondary N) is 2. The van der Waals surface area contributed by atoms with E-state index in [1.54, 1.807) is 35.9 Å². The molecular formula is C25H23N7O4. The quantitative estimate of drug-likeness (QED) is 0.364. The van der Waals surface area contributed by atoms with Crippen LogP contribution in [-0.2, 0) is 4.79 Å². The number of allylic oxidation sites excluding steroid dienone is 1. The number of rotatable bonds is 5. The Bertz CT molecular complexity index is 1570. The molecular weight excluding hydrogens is 462 g/mol. The van der Waals surface area contributed by atoms with Gasteiger partial charge in [-0.1, -0.05) is 23.4 Å². The van der Waals surface area contributed by atoms with Gasteiger partial charge in [-0.15, -0.1) is 15.3 Å². The summed E-state index contributed by atoms with van der Waals surface area (Å²) < 4.78 is 12.7. The summed E-state index contributed by atoms with van der Waals surface area (Å²) in [4.78, 5) is 12.5. The van der Waals surface area contributed by atoms with Gasteiger partial charge in [0, 0.05) is 23.0 Å². The van der Waals surface area contributed by atoms with Gasteiger partial charge in [0.05, 0.1) is 23.4 Å². The van der Waals surface area contributed by atoms with Gasteiger partial charge in [0.1, 0.15) is 12.0 Å². The summed E-state index contributed by atoms with van der Waals surface area (Å²) in [5.74, 6) is 1.21. The van der Waals surface area contributed by atoms with Gasteiger partial charge in [0.15, 0.2) is 11.3 Å². The number of hydrogen-bond donors (Lipinski definition) is 3. The fourth-order valence-electron chi connectivity index (χ4n) is 4.40. The number of aromatic nitrogens is 5. The second kappa shape index (κ2) is 8.93. The molecule has 1 fully saturated rings. The number of hydrogen-bond acceptors (Lipinski definition) is 9. The molecule has 0 saturated heterocycles. The van der Waals surface area contributed by atoms with Crippen LogP contribution >= 0.6 is 0 Å². The number of nitrogens with zero attached hydrogens (tertiary/aromatic N) is 5. The first kappa shape index (κ1) is 22.0. The average Bonchev–Trinajstić information content (AvgIpc) is 3.63. The first-order chi connectivity index (χ1) is 17.6. The maximum atomic E-state index is 12.5. The van der Waals surface area contributed by atoms with Crippen molar-refractivity contribution in [2.24, 2.45) is 0 Å². The van der Waals surface area contributed by atoms with Crippen molar-refractivity contribution in [2.45, 2.75) is 38.3 Å². The molecule has 1 aliphatic carbocycles. The second-order valence-corrected chi connectivity index (χ2v) is 8.78. The van der Waals surface area contributed by atoms with Crippen LogP contribution in [0.15, 0.2) is 70.7 Å². The largest absolute Gasteiger partial charge is 0.443 e. The predicted molar refractivity (Wildman–Crippen MR) is 129 cm³/mol. The molecule has 1 aromatic carbocycles. The first-order valence-corrected chi connectivity index (χ1v) is 11.7. The van der Waals surface area contributed by atoms with Gasteiger partial charge in [-0.25, -0.2) is 0 Å². The summed E-state index contributed by atoms with van der Waals surface area (Å²) in [6.45, 7) is 1.80. The molecule has 0 spiro atoms. The fraction of sp³-hybridized carbons (Fsp3) is 0.240. The molecule has 182 valence electrons. The lowest BCUT2D eigenvalue weighted by Crippen LogP contribution is -2.40. The minimum absolute atomic E-state index is 0.204. The van der Waals surface area contributed by atoms with E-state index in [9.17, 15) is 9.90 Å². The van der Waals surface area contributed by atoms with E-state index >= 15 is 0 Å². The normalized spacial score (nSPS) is 20.6. The number of benzene rings is 1. The van der Waals surface area contributed by atoms with Crippen molar-refractivity contribution in [3.8, 4) is 17.4 Å². The zero-order valence-corrected chi connectivity index (χ0v) is 19.4. The average molecular weight is 486 g/mol. The molecule has 1 aliphatic heterocycles. The number of ether oxygens (including phenoxy) is 1. The van der Waals surface area contributed by atoms with Crippen LogP contribution in [0.3, 0.4) is 0 Å². The Morgan fingerprint density at radius 1 is 1.25 bits per heavy atom. The second-order valence-electron chi connectivity index (χ2n) is 8.78. The van der Waals surface area contributed by atoms with Crippen molar-refractivity contribution in [1.82, 2.24) is 35.6 Å². The lowest BCUT2D eigenvalue weighted by molar-refractivity contribution is -0.118. The summed E-state index contributed by atoms with van der Waals surface area (Å²) in [6, 6.07) is 9.19. The van der Waals surface area contributed by atoms with Crippen LogP contribution in [-0.4, -0.2) is 48.1 Å². The van der Waals surface area contributed by atoms with E-state index in [-0.39, 0.29) is 11.9 Å². The van der Waals surface area contributed by atoms with E-state index < -0.39 is 6.10 Å². The van der Waals surface area contributed by atoms with E-state index in [2.05, 4.69) is 31.1 Å². The van der Waals surface area contributed by atoms with Crippen molar-refractivity contribution < 1.29 is 19.2 Å². The van der Waals surface area contributed by atoms with Crippen LogP contribution in [0.1, 0.15) is 25.0 Å². The van der Waals surface area contributed by atoms with Gasteiger partial charge >= 0.3 is 0 Å². The number of fused-ring (bicyclic) bond motifs is 3. The number of carbonyl (C=O) groups excluding carboxylic acids is 1. The lowest BCUT2D eigenvalue weighted by Gasteiger charge is -2.18. The minimum Gasteiger partial charge on any atom is -0.443 e. The third-order valence-electron chi connectivity index (χ3n) is 6.28. The Hall–Kier alpha value is -4.51. The van der Waals surface area contributed by atoms with Crippen LogP contribution in [0.4, 0.5) is 0 Å². The van der Waals surface area contributed by atoms with Gasteiger partial charge in [-0.2, -0.15) is 4.52 Å². The highest BCUT2D eigenvalue weighted by molar-refractivity contribution is 5.97. The van der Waals surface area contributed by atoms with Crippen molar-refractivity contribution in [1.29, 1.82) is 0 Å². The molecule has 11 heteroatoms. The third-order valence-corrected chi connectivity index (χ3v) is 6.28. The fourth-order valence-corrected chi connectivity index (χ4v) is 4.40. The van der Waals surface area contributed by atoms with Crippen LogP contribution < -0.4 is 15.4 Å². The predicted octanol–water partition coefficient (Wildman–Crippen LogP) is 2.53. The Morgan fingerprint density at radius 2 is 2.11 bits per heavy atom. The molecule has 3 aromatic heterocycles. The van der Waals surface area contributed by atoms with E-state index in [0.717, 1.165) is 23.6 Å². The molecule has 2 aliphatic rings. The Kier molecular flexibility index (Phi) is 5.45. The summed E-state index contributed by atoms with van der Waals surface area (Å²) in [5, 5.41) is 34.7. The van der Waals surface area contributed by atoms with E-state index in [1.165, 1.54) is 6.26 Å². The summed E-state index contributed by atoms with van der Waals surface area (Å²) in [6.07, 6.45) is 8.48. The third kappa shape index (κ3) is 3.99. The summed E-state index contributed by atoms with van der Waals surface area (Å²) in [7, 11) is 0. The van der Waals surface area contributed by atoms with Crippen molar-refractivity contribution in [3.05, 3.63) is 72.0 Å². The molecule has 0 unspecified atom stereocenters. The summed E-state index contributed by atoms with van der Waals surface area (Å²) >= 11 is 0. The smallest absolute Gasteiger partial charge is 0.253 e. The molecule has 0 bridgehead atoms.